The number of carbonyl (C=O) groups excluding carboxylic acids is 4. The van der Waals surface area contributed by atoms with Crippen molar-refractivity contribution in [2.24, 2.45) is 5.92 Å². The Morgan fingerprint density at radius 2 is 1.81 bits per heavy atom. The van der Waals surface area contributed by atoms with E-state index in [2.05, 4.69) is 10.6 Å². The van der Waals surface area contributed by atoms with Crippen LogP contribution in [0.1, 0.15) is 56.3 Å². The largest absolute Gasteiger partial charge is 0.378 e. The summed E-state index contributed by atoms with van der Waals surface area (Å²) in [4.78, 5) is 58.2. The first kappa shape index (κ1) is 26.1. The summed E-state index contributed by atoms with van der Waals surface area (Å²) in [6.07, 6.45) is 3.88. The van der Waals surface area contributed by atoms with Crippen LogP contribution < -0.4 is 15.5 Å². The lowest BCUT2D eigenvalue weighted by atomic mass is 10.0. The lowest BCUT2D eigenvalue weighted by Gasteiger charge is -2.31. The number of benzene rings is 1. The maximum Gasteiger partial charge on any atom is 0.251 e. The Morgan fingerprint density at radius 1 is 1.08 bits per heavy atom. The molecule has 0 aromatic heterocycles. The van der Waals surface area contributed by atoms with E-state index in [1.54, 1.807) is 21.9 Å². The molecular formula is C27H39N5O4. The highest BCUT2D eigenvalue weighted by Gasteiger charge is 2.52. The van der Waals surface area contributed by atoms with Crippen LogP contribution in [0.3, 0.4) is 0 Å². The van der Waals surface area contributed by atoms with Crippen LogP contribution in [0.5, 0.6) is 0 Å². The number of likely N-dealkylation sites (tertiary alicyclic amines) is 2. The van der Waals surface area contributed by atoms with E-state index in [1.807, 2.05) is 45.0 Å². The average Bonchev–Trinajstić information content (AvgIpc) is 3.44. The van der Waals surface area contributed by atoms with Crippen LogP contribution in [0.15, 0.2) is 24.3 Å². The summed E-state index contributed by atoms with van der Waals surface area (Å²) < 4.78 is 0. The van der Waals surface area contributed by atoms with E-state index in [-0.39, 0.29) is 48.1 Å². The molecule has 1 aromatic rings. The Balaban J connectivity index is 1.46. The molecule has 3 fully saturated rings. The average molecular weight is 498 g/mol. The summed E-state index contributed by atoms with van der Waals surface area (Å²) in [7, 11) is 3.86. The van der Waals surface area contributed by atoms with Crippen LogP contribution >= 0.6 is 0 Å². The van der Waals surface area contributed by atoms with E-state index in [9.17, 15) is 19.2 Å². The molecule has 0 spiro atoms. The van der Waals surface area contributed by atoms with Crippen molar-refractivity contribution in [1.82, 2.24) is 20.4 Å². The zero-order valence-corrected chi connectivity index (χ0v) is 21.8. The number of fused-ring (bicyclic) bond motifs is 1. The highest BCUT2D eigenvalue weighted by Crippen LogP contribution is 2.32. The van der Waals surface area contributed by atoms with Crippen LogP contribution in [0, 0.1) is 5.92 Å². The first-order valence-corrected chi connectivity index (χ1v) is 13.1. The van der Waals surface area contributed by atoms with E-state index < -0.39 is 12.1 Å². The molecule has 2 N–H and O–H groups in total. The first-order valence-electron chi connectivity index (χ1n) is 13.1. The Kier molecular flexibility index (Phi) is 7.97. The van der Waals surface area contributed by atoms with Gasteiger partial charge in [0.2, 0.25) is 11.8 Å². The molecule has 3 heterocycles. The molecule has 3 aliphatic heterocycles. The number of anilines is 1. The van der Waals surface area contributed by atoms with Gasteiger partial charge in [0.05, 0.1) is 18.6 Å². The number of hydrogen-bond donors (Lipinski definition) is 2. The van der Waals surface area contributed by atoms with Crippen LogP contribution in [0.4, 0.5) is 5.69 Å². The van der Waals surface area contributed by atoms with Gasteiger partial charge in [-0.1, -0.05) is 20.3 Å². The number of carbonyl (C=O) groups is 4. The fourth-order valence-corrected chi connectivity index (χ4v) is 5.67. The van der Waals surface area contributed by atoms with E-state index >= 15 is 0 Å². The molecule has 196 valence electrons. The van der Waals surface area contributed by atoms with Crippen LogP contribution in [-0.4, -0.2) is 91.2 Å². The number of ketones is 1. The maximum atomic E-state index is 13.7. The van der Waals surface area contributed by atoms with Gasteiger partial charge in [0.25, 0.3) is 5.91 Å². The van der Waals surface area contributed by atoms with Gasteiger partial charge in [-0.25, -0.2) is 0 Å². The van der Waals surface area contributed by atoms with Crippen molar-refractivity contribution in [2.75, 3.05) is 38.6 Å². The number of rotatable bonds is 7. The molecule has 3 amide bonds. The zero-order valence-electron chi connectivity index (χ0n) is 21.8. The number of hydrogen-bond acceptors (Lipinski definition) is 6. The molecule has 0 saturated carbocycles. The predicted molar refractivity (Wildman–Crippen MR) is 138 cm³/mol. The van der Waals surface area contributed by atoms with Gasteiger partial charge >= 0.3 is 0 Å². The molecule has 2 unspecified atom stereocenters. The lowest BCUT2D eigenvalue weighted by molar-refractivity contribution is -0.138. The smallest absolute Gasteiger partial charge is 0.251 e. The monoisotopic (exact) mass is 497 g/mol. The molecule has 36 heavy (non-hydrogen) atoms. The van der Waals surface area contributed by atoms with Crippen molar-refractivity contribution < 1.29 is 19.2 Å². The van der Waals surface area contributed by atoms with Crippen molar-refractivity contribution in [3.8, 4) is 0 Å². The summed E-state index contributed by atoms with van der Waals surface area (Å²) in [5.74, 6) is -0.508. The number of piperidine rings is 1. The maximum absolute atomic E-state index is 13.7. The minimum Gasteiger partial charge on any atom is -0.378 e. The van der Waals surface area contributed by atoms with Gasteiger partial charge in [-0.15, -0.1) is 0 Å². The second-order valence-corrected chi connectivity index (χ2v) is 10.9. The van der Waals surface area contributed by atoms with Crippen molar-refractivity contribution in [3.05, 3.63) is 29.8 Å². The second-order valence-electron chi connectivity index (χ2n) is 10.9. The summed E-state index contributed by atoms with van der Waals surface area (Å²) >= 11 is 0. The molecular weight excluding hydrogens is 458 g/mol. The third kappa shape index (κ3) is 5.40. The molecule has 3 saturated heterocycles. The number of amides is 3. The van der Waals surface area contributed by atoms with Gasteiger partial charge in [-0.2, -0.15) is 0 Å². The Bertz CT molecular complexity index is 986. The van der Waals surface area contributed by atoms with E-state index in [0.717, 1.165) is 31.5 Å². The molecule has 1 aromatic carbocycles. The molecule has 0 aliphatic carbocycles. The topological polar surface area (TPSA) is 102 Å². The van der Waals surface area contributed by atoms with Crippen LogP contribution in [0.25, 0.3) is 0 Å². The summed E-state index contributed by atoms with van der Waals surface area (Å²) in [6.45, 7) is 5.28. The fraction of sp³-hybridized carbons (Fsp3) is 0.630. The van der Waals surface area contributed by atoms with Crippen molar-refractivity contribution in [2.45, 2.75) is 70.1 Å². The standard InChI is InChI=1S/C27H39N5O4/c1-17(2)15-21(29-25(34)18-8-10-19(11-9-18)30(3)4)27(36)31-14-12-22-24(31)23(33)16-32(22)26(35)20-7-5-6-13-28-20/h8-11,17,20-22,24,28H,5-7,12-16H2,1-4H3,(H,29,34)/t20-,21-,22?,24?/m0/s1. The molecule has 3 aliphatic rings. The molecule has 9 nitrogen and oxygen atoms in total. The van der Waals surface area contributed by atoms with Crippen LogP contribution in [-0.2, 0) is 14.4 Å². The van der Waals surface area contributed by atoms with Gasteiger partial charge in [-0.05, 0) is 62.4 Å². The minimum absolute atomic E-state index is 0.0296. The first-order chi connectivity index (χ1) is 17.2. The Hall–Kier alpha value is -2.94. The van der Waals surface area contributed by atoms with Crippen molar-refractivity contribution in [3.63, 3.8) is 0 Å². The van der Waals surface area contributed by atoms with E-state index in [1.165, 1.54) is 0 Å². The Labute approximate surface area is 213 Å². The van der Waals surface area contributed by atoms with Gasteiger partial charge in [0, 0.05) is 31.9 Å². The molecule has 9 heteroatoms. The molecule has 0 radical (unpaired) electrons. The summed E-state index contributed by atoms with van der Waals surface area (Å²) in [6, 6.07) is 5.33. The van der Waals surface area contributed by atoms with Gasteiger partial charge in [0.1, 0.15) is 12.1 Å². The summed E-state index contributed by atoms with van der Waals surface area (Å²) in [5, 5.41) is 6.20. The quantitative estimate of drug-likeness (QED) is 0.591. The fourth-order valence-electron chi connectivity index (χ4n) is 5.67. The van der Waals surface area contributed by atoms with E-state index in [4.69, 9.17) is 0 Å². The Morgan fingerprint density at radius 3 is 2.42 bits per heavy atom. The lowest BCUT2D eigenvalue weighted by Crippen LogP contribution is -2.53. The zero-order chi connectivity index (χ0) is 26.0. The SMILES string of the molecule is CC(C)C[C@H](NC(=O)c1ccc(N(C)C)cc1)C(=O)N1CCC2C1C(=O)CN2C(=O)[C@@H]1CCCCN1. The highest BCUT2D eigenvalue weighted by atomic mass is 16.2. The normalized spacial score (nSPS) is 24.6. The number of nitrogens with zero attached hydrogens (tertiary/aromatic N) is 3. The minimum atomic E-state index is -0.734. The molecule has 0 bridgehead atoms. The van der Waals surface area contributed by atoms with Gasteiger partial charge in [-0.3, -0.25) is 19.2 Å². The number of nitrogens with one attached hydrogen (secondary N) is 2. The van der Waals surface area contributed by atoms with E-state index in [0.29, 0.717) is 24.9 Å². The van der Waals surface area contributed by atoms with Crippen molar-refractivity contribution >= 4 is 29.2 Å². The molecule has 4 rings (SSSR count). The van der Waals surface area contributed by atoms with Gasteiger partial charge in [0.15, 0.2) is 5.78 Å². The number of Topliss-reactive ketones (excluding diaryl/α,β-unsaturated/α-hetero) is 1. The molecule has 4 atom stereocenters. The third-order valence-electron chi connectivity index (χ3n) is 7.55. The highest BCUT2D eigenvalue weighted by molar-refractivity contribution is 6.01. The summed E-state index contributed by atoms with van der Waals surface area (Å²) in [5.41, 5.74) is 1.46. The van der Waals surface area contributed by atoms with Gasteiger partial charge < -0.3 is 25.3 Å². The van der Waals surface area contributed by atoms with Crippen LogP contribution in [0.2, 0.25) is 0 Å². The third-order valence-corrected chi connectivity index (χ3v) is 7.55. The van der Waals surface area contributed by atoms with Crippen molar-refractivity contribution in [1.29, 1.82) is 0 Å². The predicted octanol–water partition coefficient (Wildman–Crippen LogP) is 1.42. The second kappa shape index (κ2) is 11.0.